The molecule has 82 valence electrons. The smallest absolute Gasteiger partial charge is 0.358 e. The molecule has 1 aromatic heterocycles. The Morgan fingerprint density at radius 1 is 1.47 bits per heavy atom. The molecule has 1 rings (SSSR count). The van der Waals surface area contributed by atoms with E-state index in [1.807, 2.05) is 0 Å². The molecule has 0 amide bonds. The van der Waals surface area contributed by atoms with Gasteiger partial charge in [0.1, 0.15) is 0 Å². The van der Waals surface area contributed by atoms with Crippen molar-refractivity contribution in [1.82, 2.24) is 4.98 Å². The van der Waals surface area contributed by atoms with Gasteiger partial charge in [-0.2, -0.15) is 13.2 Å². The third-order valence-corrected chi connectivity index (χ3v) is 1.81. The molecule has 0 saturated heterocycles. The van der Waals surface area contributed by atoms with Gasteiger partial charge in [-0.25, -0.2) is 0 Å². The van der Waals surface area contributed by atoms with E-state index in [0.29, 0.717) is 6.07 Å². The average molecular weight is 241 g/mol. The fourth-order valence-corrected chi connectivity index (χ4v) is 1.04. The van der Waals surface area contributed by atoms with Crippen molar-refractivity contribution in [1.29, 1.82) is 0 Å². The number of nitrogens with zero attached hydrogens (tertiary/aromatic N) is 2. The quantitative estimate of drug-likeness (QED) is 0.454. The zero-order valence-corrected chi connectivity index (χ0v) is 7.84. The molecule has 1 heterocycles. The Morgan fingerprint density at radius 3 is 2.47 bits per heavy atom. The second kappa shape index (κ2) is 4.01. The summed E-state index contributed by atoms with van der Waals surface area (Å²) in [5.41, 5.74) is -1.31. The number of rotatable bonds is 2. The first kappa shape index (κ1) is 11.7. The number of halogens is 4. The Balaban J connectivity index is 3.30. The van der Waals surface area contributed by atoms with Crippen LogP contribution >= 0.6 is 11.6 Å². The van der Waals surface area contributed by atoms with E-state index in [-0.39, 0.29) is 11.4 Å². The van der Waals surface area contributed by atoms with Gasteiger partial charge in [-0.05, 0) is 21.5 Å². The second-order valence-electron chi connectivity index (χ2n) is 2.61. The van der Waals surface area contributed by atoms with Crippen molar-refractivity contribution in [3.05, 3.63) is 33.5 Å². The maximum atomic E-state index is 12.2. The van der Waals surface area contributed by atoms with Crippen LogP contribution in [-0.4, -0.2) is 9.91 Å². The highest BCUT2D eigenvalue weighted by Crippen LogP contribution is 2.30. The highest BCUT2D eigenvalue weighted by molar-refractivity contribution is 6.17. The third kappa shape index (κ3) is 2.79. The summed E-state index contributed by atoms with van der Waals surface area (Å²) in [5, 5.41) is 10.3. The third-order valence-electron chi connectivity index (χ3n) is 1.50. The maximum Gasteiger partial charge on any atom is 0.458 e. The first-order valence-corrected chi connectivity index (χ1v) is 4.16. The van der Waals surface area contributed by atoms with Gasteiger partial charge < -0.3 is 10.1 Å². The predicted molar refractivity (Wildman–Crippen MR) is 45.5 cm³/mol. The minimum absolute atomic E-state index is 0.00527. The Kier molecular flexibility index (Phi) is 3.13. The molecule has 4 nitrogen and oxygen atoms in total. The number of nitro groups is 1. The lowest BCUT2D eigenvalue weighted by atomic mass is 10.2. The first-order chi connectivity index (χ1) is 6.84. The van der Waals surface area contributed by atoms with Crippen LogP contribution in [0.5, 0.6) is 0 Å². The van der Waals surface area contributed by atoms with E-state index in [1.165, 1.54) is 0 Å². The zero-order chi connectivity index (χ0) is 11.6. The van der Waals surface area contributed by atoms with Crippen molar-refractivity contribution < 1.29 is 18.1 Å². The van der Waals surface area contributed by atoms with E-state index in [9.17, 15) is 23.3 Å². The molecule has 0 unspecified atom stereocenters. The highest BCUT2D eigenvalue weighted by atomic mass is 35.5. The summed E-state index contributed by atoms with van der Waals surface area (Å²) in [6.45, 7) is 0. The molecule has 0 aliphatic heterocycles. The predicted octanol–water partition coefficient (Wildman–Crippen LogP) is 2.75. The largest absolute Gasteiger partial charge is 0.458 e. The van der Waals surface area contributed by atoms with E-state index in [0.717, 1.165) is 6.07 Å². The molecule has 0 bridgehead atoms. The minimum atomic E-state index is -4.72. The van der Waals surface area contributed by atoms with Crippen LogP contribution in [-0.2, 0) is 12.1 Å². The molecule has 1 aromatic rings. The molecule has 0 saturated carbocycles. The first-order valence-electron chi connectivity index (χ1n) is 3.63. The molecule has 0 fully saturated rings. The molecule has 0 aliphatic rings. The molecule has 15 heavy (non-hydrogen) atoms. The topological polar surface area (TPSA) is 56.0 Å². The van der Waals surface area contributed by atoms with Crippen LogP contribution in [0.25, 0.3) is 0 Å². The van der Waals surface area contributed by atoms with E-state index in [2.05, 4.69) is 4.98 Å². The van der Waals surface area contributed by atoms with Crippen molar-refractivity contribution in [2.45, 2.75) is 12.1 Å². The summed E-state index contributed by atoms with van der Waals surface area (Å²) >= 11 is 5.31. The molecule has 0 aliphatic carbocycles. The molecular formula is C7H4ClF3N2O2. The molecule has 0 aromatic carbocycles. The van der Waals surface area contributed by atoms with Gasteiger partial charge in [-0.3, -0.25) is 0 Å². The summed E-state index contributed by atoms with van der Waals surface area (Å²) in [6.07, 6.45) is -4.72. The lowest BCUT2D eigenvalue weighted by Crippen LogP contribution is -2.10. The number of alkyl halides is 4. The summed E-state index contributed by atoms with van der Waals surface area (Å²) in [4.78, 5) is 12.2. The van der Waals surface area contributed by atoms with Crippen molar-refractivity contribution in [3.63, 3.8) is 0 Å². The van der Waals surface area contributed by atoms with Crippen molar-refractivity contribution in [2.75, 3.05) is 0 Å². The van der Waals surface area contributed by atoms with E-state index in [4.69, 9.17) is 11.6 Å². The van der Waals surface area contributed by atoms with Gasteiger partial charge in [0.2, 0.25) is 0 Å². The fraction of sp³-hybridized carbons (Fsp3) is 0.286. The van der Waals surface area contributed by atoms with Crippen LogP contribution < -0.4 is 0 Å². The number of hydrogen-bond acceptors (Lipinski definition) is 3. The summed E-state index contributed by atoms with van der Waals surface area (Å²) < 4.78 is 36.7. The van der Waals surface area contributed by atoms with Gasteiger partial charge in [0, 0.05) is 11.9 Å². The Hall–Kier alpha value is -1.37. The molecule has 0 spiro atoms. The maximum absolute atomic E-state index is 12.2. The Bertz CT molecular complexity index is 394. The van der Waals surface area contributed by atoms with Crippen LogP contribution in [0, 0.1) is 10.1 Å². The minimum Gasteiger partial charge on any atom is -0.358 e. The average Bonchev–Trinajstić information content (AvgIpc) is 2.15. The standard InChI is InChI=1S/C7H4ClF3N2O2/c8-3-4-1-5(7(9,10)11)12-6(2-4)13(14)15/h1-2H,3H2. The molecule has 8 heteroatoms. The van der Waals surface area contributed by atoms with Gasteiger partial charge >= 0.3 is 12.0 Å². The van der Waals surface area contributed by atoms with Gasteiger partial charge in [0.25, 0.3) is 5.69 Å². The second-order valence-corrected chi connectivity index (χ2v) is 2.87. The van der Waals surface area contributed by atoms with Crippen LogP contribution in [0.2, 0.25) is 0 Å². The normalized spacial score (nSPS) is 11.5. The number of aromatic nitrogens is 1. The van der Waals surface area contributed by atoms with Crippen molar-refractivity contribution >= 4 is 17.4 Å². The number of pyridine rings is 1. The Morgan fingerprint density at radius 2 is 2.07 bits per heavy atom. The molecule has 0 radical (unpaired) electrons. The highest BCUT2D eigenvalue weighted by Gasteiger charge is 2.38. The number of hydrogen-bond donors (Lipinski definition) is 0. The van der Waals surface area contributed by atoms with Gasteiger partial charge in [0.15, 0.2) is 0 Å². The van der Waals surface area contributed by atoms with Gasteiger partial charge in [0.05, 0.1) is 0 Å². The zero-order valence-electron chi connectivity index (χ0n) is 7.08. The van der Waals surface area contributed by atoms with E-state index >= 15 is 0 Å². The van der Waals surface area contributed by atoms with E-state index < -0.39 is 22.6 Å². The van der Waals surface area contributed by atoms with Crippen LogP contribution in [0.3, 0.4) is 0 Å². The van der Waals surface area contributed by atoms with Gasteiger partial charge in [-0.15, -0.1) is 11.6 Å². The van der Waals surface area contributed by atoms with E-state index in [1.54, 1.807) is 0 Å². The fourth-order valence-electron chi connectivity index (χ4n) is 0.887. The van der Waals surface area contributed by atoms with Gasteiger partial charge in [-0.1, -0.05) is 0 Å². The SMILES string of the molecule is O=[N+]([O-])c1cc(CCl)cc(C(F)(F)F)n1. The molecule has 0 atom stereocenters. The van der Waals surface area contributed by atoms with Crippen LogP contribution in [0.15, 0.2) is 12.1 Å². The molecule has 0 N–H and O–H groups in total. The van der Waals surface area contributed by atoms with Crippen molar-refractivity contribution in [3.8, 4) is 0 Å². The summed E-state index contributed by atoms with van der Waals surface area (Å²) in [5.74, 6) is -1.10. The Labute approximate surface area is 86.8 Å². The lowest BCUT2D eigenvalue weighted by Gasteiger charge is -2.03. The summed E-state index contributed by atoms with van der Waals surface area (Å²) in [6, 6.07) is 1.59. The van der Waals surface area contributed by atoms with Crippen LogP contribution in [0.1, 0.15) is 11.3 Å². The molecular weight excluding hydrogens is 237 g/mol. The van der Waals surface area contributed by atoms with Crippen LogP contribution in [0.4, 0.5) is 19.0 Å². The monoisotopic (exact) mass is 240 g/mol. The summed E-state index contributed by atoms with van der Waals surface area (Å²) in [7, 11) is 0. The van der Waals surface area contributed by atoms with Crippen molar-refractivity contribution in [2.24, 2.45) is 0 Å². The lowest BCUT2D eigenvalue weighted by molar-refractivity contribution is -0.390.